The third-order valence-corrected chi connectivity index (χ3v) is 3.22. The lowest BCUT2D eigenvalue weighted by atomic mass is 10.2. The third-order valence-electron chi connectivity index (χ3n) is 1.75. The van der Waals surface area contributed by atoms with E-state index in [0.29, 0.717) is 11.6 Å². The summed E-state index contributed by atoms with van der Waals surface area (Å²) in [6, 6.07) is 6.04. The second-order valence-corrected chi connectivity index (χ2v) is 4.43. The molecule has 0 saturated carbocycles. The fourth-order valence-corrected chi connectivity index (χ4v) is 1.45. The second kappa shape index (κ2) is 5.64. The SMILES string of the molecule is Cc1ccc(NCC(Cl)=CCl)cc1Br. The van der Waals surface area contributed by atoms with Gasteiger partial charge in [0.15, 0.2) is 0 Å². The van der Waals surface area contributed by atoms with Crippen LogP contribution in [0.1, 0.15) is 5.56 Å². The molecule has 0 aliphatic carbocycles. The predicted octanol–water partition coefficient (Wildman–Crippen LogP) is 4.49. The molecule has 0 spiro atoms. The minimum atomic E-state index is 0.542. The fourth-order valence-electron chi connectivity index (χ4n) is 0.928. The predicted molar refractivity (Wildman–Crippen MR) is 67.2 cm³/mol. The first kappa shape index (κ1) is 11.9. The number of hydrogen-bond acceptors (Lipinski definition) is 1. The van der Waals surface area contributed by atoms with Gasteiger partial charge in [-0.25, -0.2) is 0 Å². The van der Waals surface area contributed by atoms with Crippen LogP contribution in [0.5, 0.6) is 0 Å². The normalized spacial score (nSPS) is 11.6. The number of halogens is 3. The molecule has 0 heterocycles. The van der Waals surface area contributed by atoms with E-state index in [1.54, 1.807) is 0 Å². The lowest BCUT2D eigenvalue weighted by Crippen LogP contribution is -2.01. The van der Waals surface area contributed by atoms with Crippen molar-refractivity contribution in [1.29, 1.82) is 0 Å². The molecule has 1 aromatic carbocycles. The largest absolute Gasteiger partial charge is 0.380 e. The monoisotopic (exact) mass is 293 g/mol. The Balaban J connectivity index is 2.64. The molecule has 0 amide bonds. The highest BCUT2D eigenvalue weighted by Crippen LogP contribution is 2.20. The fraction of sp³-hybridized carbons (Fsp3) is 0.200. The Hall–Kier alpha value is -0.180. The standard InChI is InChI=1S/C10H10BrCl2N/c1-7-2-3-9(4-10(7)11)14-6-8(13)5-12/h2-5,14H,6H2,1H3. The van der Waals surface area contributed by atoms with Gasteiger partial charge in [0.05, 0.1) is 6.54 Å². The van der Waals surface area contributed by atoms with Gasteiger partial charge in [-0.2, -0.15) is 0 Å². The zero-order valence-corrected chi connectivity index (χ0v) is 10.7. The molecule has 76 valence electrons. The Bertz CT molecular complexity index is 350. The molecule has 0 unspecified atom stereocenters. The highest BCUT2D eigenvalue weighted by Gasteiger charge is 1.97. The van der Waals surface area contributed by atoms with Crippen LogP contribution in [0.2, 0.25) is 0 Å². The van der Waals surface area contributed by atoms with Crippen LogP contribution >= 0.6 is 39.1 Å². The number of rotatable bonds is 3. The first-order chi connectivity index (χ1) is 6.63. The van der Waals surface area contributed by atoms with E-state index in [-0.39, 0.29) is 0 Å². The van der Waals surface area contributed by atoms with Crippen molar-refractivity contribution in [3.8, 4) is 0 Å². The van der Waals surface area contributed by atoms with Crippen molar-refractivity contribution in [2.24, 2.45) is 0 Å². The Labute approximate surface area is 102 Å². The Morgan fingerprint density at radius 1 is 1.57 bits per heavy atom. The number of nitrogens with one attached hydrogen (secondary N) is 1. The molecule has 0 aromatic heterocycles. The van der Waals surface area contributed by atoms with Gasteiger partial charge in [-0.05, 0) is 24.6 Å². The van der Waals surface area contributed by atoms with E-state index in [1.807, 2.05) is 25.1 Å². The summed E-state index contributed by atoms with van der Waals surface area (Å²) in [5, 5.41) is 3.74. The van der Waals surface area contributed by atoms with E-state index in [9.17, 15) is 0 Å². The molecule has 0 aliphatic heterocycles. The average Bonchev–Trinajstić information content (AvgIpc) is 2.19. The van der Waals surface area contributed by atoms with Crippen molar-refractivity contribution in [3.05, 3.63) is 38.8 Å². The van der Waals surface area contributed by atoms with Gasteiger partial charge >= 0.3 is 0 Å². The molecule has 0 aliphatic rings. The zero-order valence-electron chi connectivity index (χ0n) is 7.65. The van der Waals surface area contributed by atoms with Crippen molar-refractivity contribution in [1.82, 2.24) is 0 Å². The summed E-state index contributed by atoms with van der Waals surface area (Å²) in [6.07, 6.45) is 0. The van der Waals surface area contributed by atoms with Crippen LogP contribution in [0, 0.1) is 6.92 Å². The molecule has 0 saturated heterocycles. The van der Waals surface area contributed by atoms with E-state index < -0.39 is 0 Å². The first-order valence-electron chi connectivity index (χ1n) is 4.08. The van der Waals surface area contributed by atoms with Crippen LogP contribution in [0.4, 0.5) is 5.69 Å². The Morgan fingerprint density at radius 2 is 2.29 bits per heavy atom. The van der Waals surface area contributed by atoms with Crippen molar-refractivity contribution >= 4 is 44.8 Å². The molecule has 14 heavy (non-hydrogen) atoms. The summed E-state index contributed by atoms with van der Waals surface area (Å²) < 4.78 is 1.08. The van der Waals surface area contributed by atoms with Crippen LogP contribution in [0.3, 0.4) is 0 Å². The molecule has 4 heteroatoms. The molecule has 1 rings (SSSR count). The van der Waals surface area contributed by atoms with Gasteiger partial charge in [-0.15, -0.1) is 0 Å². The number of hydrogen-bond donors (Lipinski definition) is 1. The summed E-state index contributed by atoms with van der Waals surface area (Å²) in [5.41, 5.74) is 3.58. The van der Waals surface area contributed by atoms with Crippen molar-refractivity contribution in [2.75, 3.05) is 11.9 Å². The number of aryl methyl sites for hydroxylation is 1. The van der Waals surface area contributed by atoms with Gasteiger partial charge in [0.2, 0.25) is 0 Å². The minimum absolute atomic E-state index is 0.542. The van der Waals surface area contributed by atoms with Gasteiger partial charge in [0.1, 0.15) is 0 Å². The summed E-state index contributed by atoms with van der Waals surface area (Å²) in [6.45, 7) is 2.58. The summed E-state index contributed by atoms with van der Waals surface area (Å²) in [4.78, 5) is 0. The summed E-state index contributed by atoms with van der Waals surface area (Å²) in [7, 11) is 0. The molecule has 0 atom stereocenters. The molecule has 0 bridgehead atoms. The third kappa shape index (κ3) is 3.52. The smallest absolute Gasteiger partial charge is 0.0516 e. The minimum Gasteiger partial charge on any atom is -0.380 e. The van der Waals surface area contributed by atoms with Crippen LogP contribution < -0.4 is 5.32 Å². The average molecular weight is 295 g/mol. The molecule has 1 nitrogen and oxygen atoms in total. The van der Waals surface area contributed by atoms with Crippen LogP contribution in [-0.4, -0.2) is 6.54 Å². The topological polar surface area (TPSA) is 12.0 Å². The van der Waals surface area contributed by atoms with Crippen molar-refractivity contribution < 1.29 is 0 Å². The van der Waals surface area contributed by atoms with Crippen molar-refractivity contribution in [2.45, 2.75) is 6.92 Å². The Kier molecular flexibility index (Phi) is 4.79. The van der Waals surface area contributed by atoms with E-state index in [2.05, 4.69) is 21.2 Å². The highest BCUT2D eigenvalue weighted by atomic mass is 79.9. The quantitative estimate of drug-likeness (QED) is 0.866. The highest BCUT2D eigenvalue weighted by molar-refractivity contribution is 9.10. The molecule has 0 radical (unpaired) electrons. The molecule has 1 N–H and O–H groups in total. The maximum Gasteiger partial charge on any atom is 0.0516 e. The molecule has 0 fully saturated rings. The van der Waals surface area contributed by atoms with E-state index in [0.717, 1.165) is 10.2 Å². The second-order valence-electron chi connectivity index (χ2n) is 2.87. The first-order valence-corrected chi connectivity index (χ1v) is 5.69. The maximum atomic E-state index is 5.74. The lowest BCUT2D eigenvalue weighted by molar-refractivity contribution is 1.30. The van der Waals surface area contributed by atoms with E-state index in [4.69, 9.17) is 23.2 Å². The van der Waals surface area contributed by atoms with Gasteiger partial charge in [0.25, 0.3) is 0 Å². The van der Waals surface area contributed by atoms with Crippen LogP contribution in [-0.2, 0) is 0 Å². The molecule has 1 aromatic rings. The van der Waals surface area contributed by atoms with Gasteiger partial charge in [-0.3, -0.25) is 0 Å². The molecular formula is C10H10BrCl2N. The summed E-state index contributed by atoms with van der Waals surface area (Å²) >= 11 is 14.6. The van der Waals surface area contributed by atoms with Gasteiger partial charge < -0.3 is 5.32 Å². The number of benzene rings is 1. The van der Waals surface area contributed by atoms with Crippen LogP contribution in [0.25, 0.3) is 0 Å². The Morgan fingerprint density at radius 3 is 2.86 bits per heavy atom. The van der Waals surface area contributed by atoms with Crippen LogP contribution in [0.15, 0.2) is 33.2 Å². The zero-order chi connectivity index (χ0) is 10.6. The van der Waals surface area contributed by atoms with Gasteiger partial charge in [0, 0.05) is 20.7 Å². The lowest BCUT2D eigenvalue weighted by Gasteiger charge is -2.06. The number of anilines is 1. The summed E-state index contributed by atoms with van der Waals surface area (Å²) in [5.74, 6) is 0. The van der Waals surface area contributed by atoms with Gasteiger partial charge in [-0.1, -0.05) is 45.2 Å². The van der Waals surface area contributed by atoms with Crippen molar-refractivity contribution in [3.63, 3.8) is 0 Å². The maximum absolute atomic E-state index is 5.74. The molecular weight excluding hydrogens is 285 g/mol. The van der Waals surface area contributed by atoms with E-state index in [1.165, 1.54) is 11.1 Å². The van der Waals surface area contributed by atoms with E-state index >= 15 is 0 Å².